The summed E-state index contributed by atoms with van der Waals surface area (Å²) in [5.74, 6) is -0.881. The molecule has 1 saturated carbocycles. The van der Waals surface area contributed by atoms with Crippen LogP contribution in [-0.4, -0.2) is 23.8 Å². The number of carbonyl (C=O) groups excluding carboxylic acids is 2. The number of hydrogen-bond acceptors (Lipinski definition) is 4. The average molecular weight is 408 g/mol. The molecule has 0 aliphatic heterocycles. The topological polar surface area (TPSA) is 64.6 Å². The molecule has 1 aromatic rings. The molecule has 0 radical (unpaired) electrons. The highest BCUT2D eigenvalue weighted by Gasteiger charge is 2.44. The van der Waals surface area contributed by atoms with Crippen molar-refractivity contribution in [3.8, 4) is 5.75 Å². The second kappa shape index (κ2) is 7.58. The first kappa shape index (κ1) is 21.3. The van der Waals surface area contributed by atoms with E-state index in [0.717, 1.165) is 12.1 Å². The molecular weight excluding hydrogens is 387 g/mol. The molecule has 1 atom stereocenters. The summed E-state index contributed by atoms with van der Waals surface area (Å²) in [6, 6.07) is 3.42. The predicted octanol–water partition coefficient (Wildman–Crippen LogP) is 5.10. The van der Waals surface area contributed by atoms with Gasteiger partial charge in [-0.25, -0.2) is 4.79 Å². The second-order valence-corrected chi connectivity index (χ2v) is 7.82. The molecule has 1 aliphatic rings. The van der Waals surface area contributed by atoms with Gasteiger partial charge >= 0.3 is 12.5 Å². The van der Waals surface area contributed by atoms with E-state index in [1.165, 1.54) is 6.07 Å². The molecule has 0 saturated heterocycles. The van der Waals surface area contributed by atoms with Crippen molar-refractivity contribution >= 4 is 23.5 Å². The Hall–Kier alpha value is -1.96. The Kier molecular flexibility index (Phi) is 5.99. The minimum atomic E-state index is -4.91. The zero-order valence-electron chi connectivity index (χ0n) is 15.2. The molecule has 9 heteroatoms. The van der Waals surface area contributed by atoms with Crippen molar-refractivity contribution < 1.29 is 32.2 Å². The summed E-state index contributed by atoms with van der Waals surface area (Å²) < 4.78 is 46.9. The van der Waals surface area contributed by atoms with Crippen LogP contribution in [0.15, 0.2) is 18.2 Å². The summed E-state index contributed by atoms with van der Waals surface area (Å²) in [4.78, 5) is 25.1. The van der Waals surface area contributed by atoms with Crippen molar-refractivity contribution in [1.29, 1.82) is 0 Å². The van der Waals surface area contributed by atoms with Crippen LogP contribution in [0.3, 0.4) is 0 Å². The molecule has 2 rings (SSSR count). The molecular formula is C18H21ClF3NO4. The second-order valence-electron chi connectivity index (χ2n) is 7.39. The monoisotopic (exact) mass is 407 g/mol. The Morgan fingerprint density at radius 1 is 1.19 bits per heavy atom. The van der Waals surface area contributed by atoms with E-state index in [9.17, 15) is 22.8 Å². The standard InChI is InChI=1S/C18H21ClF3NO4/c1-16(2,3)27-15(25)23-17(7-5-4-6-14(17)24)11-8-12(19)10-13(9-11)26-18(20,21)22/h8-10H,4-7H2,1-3H3,(H,23,25). The van der Waals surface area contributed by atoms with E-state index in [4.69, 9.17) is 16.3 Å². The molecule has 1 aromatic carbocycles. The van der Waals surface area contributed by atoms with Crippen molar-refractivity contribution in [2.75, 3.05) is 0 Å². The zero-order chi connectivity index (χ0) is 20.5. The lowest BCUT2D eigenvalue weighted by Crippen LogP contribution is -2.54. The highest BCUT2D eigenvalue weighted by molar-refractivity contribution is 6.30. The van der Waals surface area contributed by atoms with Gasteiger partial charge in [-0.1, -0.05) is 11.6 Å². The number of hydrogen-bond donors (Lipinski definition) is 1. The minimum absolute atomic E-state index is 0.0458. The van der Waals surface area contributed by atoms with E-state index in [1.54, 1.807) is 20.8 Å². The van der Waals surface area contributed by atoms with Crippen molar-refractivity contribution in [3.63, 3.8) is 0 Å². The molecule has 27 heavy (non-hydrogen) atoms. The van der Waals surface area contributed by atoms with Gasteiger partial charge in [0.2, 0.25) is 0 Å². The van der Waals surface area contributed by atoms with E-state index in [0.29, 0.717) is 12.8 Å². The molecule has 0 aromatic heterocycles. The third kappa shape index (κ3) is 5.76. The maximum Gasteiger partial charge on any atom is 0.573 e. The molecule has 0 bridgehead atoms. The molecule has 5 nitrogen and oxygen atoms in total. The van der Waals surface area contributed by atoms with E-state index in [-0.39, 0.29) is 29.2 Å². The molecule has 0 spiro atoms. The average Bonchev–Trinajstić information content (AvgIpc) is 2.45. The molecule has 1 aliphatic carbocycles. The van der Waals surface area contributed by atoms with Crippen LogP contribution in [0, 0.1) is 0 Å². The Morgan fingerprint density at radius 3 is 2.41 bits per heavy atom. The first-order valence-electron chi connectivity index (χ1n) is 8.42. The zero-order valence-corrected chi connectivity index (χ0v) is 16.0. The SMILES string of the molecule is CC(C)(C)OC(=O)NC1(c2cc(Cl)cc(OC(F)(F)F)c2)CCCCC1=O. The van der Waals surface area contributed by atoms with Crippen molar-refractivity contribution in [2.24, 2.45) is 0 Å². The van der Waals surface area contributed by atoms with E-state index < -0.39 is 29.3 Å². The fraction of sp³-hybridized carbons (Fsp3) is 0.556. The summed E-state index contributed by atoms with van der Waals surface area (Å²) in [5.41, 5.74) is -2.19. The number of alkyl halides is 3. The molecule has 1 fully saturated rings. The maximum atomic E-state index is 12.7. The van der Waals surface area contributed by atoms with Crippen LogP contribution in [-0.2, 0) is 15.1 Å². The van der Waals surface area contributed by atoms with Crippen molar-refractivity contribution in [3.05, 3.63) is 28.8 Å². The van der Waals surface area contributed by atoms with Gasteiger partial charge in [-0.2, -0.15) is 0 Å². The first-order chi connectivity index (χ1) is 12.3. The van der Waals surface area contributed by atoms with Crippen LogP contribution in [0.2, 0.25) is 5.02 Å². The van der Waals surface area contributed by atoms with Gasteiger partial charge in [0.25, 0.3) is 0 Å². The van der Waals surface area contributed by atoms with Gasteiger partial charge in [0.1, 0.15) is 16.9 Å². The lowest BCUT2D eigenvalue weighted by Gasteiger charge is -2.37. The minimum Gasteiger partial charge on any atom is -0.444 e. The van der Waals surface area contributed by atoms with Crippen LogP contribution in [0.5, 0.6) is 5.75 Å². The number of halogens is 4. The van der Waals surface area contributed by atoms with Crippen LogP contribution < -0.4 is 10.1 Å². The van der Waals surface area contributed by atoms with Crippen LogP contribution >= 0.6 is 11.6 Å². The van der Waals surface area contributed by atoms with Crippen molar-refractivity contribution in [2.45, 2.75) is 64.0 Å². The predicted molar refractivity (Wildman–Crippen MR) is 92.7 cm³/mol. The highest BCUT2D eigenvalue weighted by atomic mass is 35.5. The number of rotatable bonds is 3. The van der Waals surface area contributed by atoms with Crippen molar-refractivity contribution in [1.82, 2.24) is 5.32 Å². The fourth-order valence-corrected chi connectivity index (χ4v) is 3.24. The van der Waals surface area contributed by atoms with Crippen LogP contribution in [0.25, 0.3) is 0 Å². The quantitative estimate of drug-likeness (QED) is 0.756. The Bertz CT molecular complexity index is 730. The van der Waals surface area contributed by atoms with E-state index >= 15 is 0 Å². The molecule has 1 N–H and O–H groups in total. The molecule has 0 heterocycles. The Balaban J connectivity index is 2.45. The number of carbonyl (C=O) groups is 2. The number of alkyl carbamates (subject to hydrolysis) is 1. The summed E-state index contributed by atoms with van der Waals surface area (Å²) in [6.07, 6.45) is -4.12. The third-order valence-electron chi connectivity index (χ3n) is 3.99. The number of Topliss-reactive ketones (excluding diaryl/α,β-unsaturated/α-hetero) is 1. The smallest absolute Gasteiger partial charge is 0.444 e. The highest BCUT2D eigenvalue weighted by Crippen LogP contribution is 2.38. The number of ether oxygens (including phenoxy) is 2. The number of ketones is 1. The van der Waals surface area contributed by atoms with Crippen LogP contribution in [0.1, 0.15) is 52.0 Å². The molecule has 1 amide bonds. The molecule has 1 unspecified atom stereocenters. The summed E-state index contributed by atoms with van der Waals surface area (Å²) in [7, 11) is 0. The van der Waals surface area contributed by atoms with Gasteiger partial charge in [0, 0.05) is 11.4 Å². The van der Waals surface area contributed by atoms with Gasteiger partial charge in [-0.15, -0.1) is 13.2 Å². The lowest BCUT2D eigenvalue weighted by atomic mass is 9.75. The normalized spacial score (nSPS) is 20.9. The fourth-order valence-electron chi connectivity index (χ4n) is 3.02. The van der Waals surface area contributed by atoms with Gasteiger partial charge in [0.15, 0.2) is 5.78 Å². The summed E-state index contributed by atoms with van der Waals surface area (Å²) in [5, 5.41) is 2.52. The first-order valence-corrected chi connectivity index (χ1v) is 8.80. The third-order valence-corrected chi connectivity index (χ3v) is 4.21. The Labute approximate surface area is 160 Å². The van der Waals surface area contributed by atoms with Gasteiger partial charge < -0.3 is 14.8 Å². The maximum absolute atomic E-state index is 12.7. The van der Waals surface area contributed by atoms with E-state index in [2.05, 4.69) is 10.1 Å². The largest absolute Gasteiger partial charge is 0.573 e. The van der Waals surface area contributed by atoms with E-state index in [1.807, 2.05) is 0 Å². The molecule has 150 valence electrons. The summed E-state index contributed by atoms with van der Waals surface area (Å²) in [6.45, 7) is 4.99. The number of amides is 1. The number of benzene rings is 1. The Morgan fingerprint density at radius 2 is 1.85 bits per heavy atom. The van der Waals surface area contributed by atoms with Gasteiger partial charge in [-0.3, -0.25) is 4.79 Å². The van der Waals surface area contributed by atoms with Crippen LogP contribution in [0.4, 0.5) is 18.0 Å². The number of nitrogens with one attached hydrogen (secondary N) is 1. The van der Waals surface area contributed by atoms with Gasteiger partial charge in [-0.05, 0) is 63.8 Å². The lowest BCUT2D eigenvalue weighted by molar-refractivity contribution is -0.274. The summed E-state index contributed by atoms with van der Waals surface area (Å²) >= 11 is 5.95. The van der Waals surface area contributed by atoms with Gasteiger partial charge in [0.05, 0.1) is 0 Å².